The van der Waals surface area contributed by atoms with Gasteiger partial charge in [-0.1, -0.05) is 24.3 Å². The van der Waals surface area contributed by atoms with Crippen LogP contribution in [0.25, 0.3) is 0 Å². The highest BCUT2D eigenvalue weighted by atomic mass is 19.4. The fourth-order valence-corrected chi connectivity index (χ4v) is 3.15. The van der Waals surface area contributed by atoms with Gasteiger partial charge in [0.1, 0.15) is 0 Å². The molecule has 1 saturated carbocycles. The lowest BCUT2D eigenvalue weighted by Gasteiger charge is -2.32. The molecule has 0 heterocycles. The fourth-order valence-electron chi connectivity index (χ4n) is 3.15. The molecule has 174 valence electrons. The highest BCUT2D eigenvalue weighted by Gasteiger charge is 2.55. The number of carbonyl (C=O) groups excluding carboxylic acids is 1. The smallest absolute Gasteiger partial charge is 0.381 e. The third-order valence-electron chi connectivity index (χ3n) is 5.30. The summed E-state index contributed by atoms with van der Waals surface area (Å²) in [6, 6.07) is 8.67. The maximum absolute atomic E-state index is 13.6. The number of aliphatic hydroxyl groups is 1. The van der Waals surface area contributed by atoms with E-state index in [-0.39, 0.29) is 18.1 Å². The number of alkyl halides is 6. The molecule has 1 fully saturated rings. The maximum Gasteiger partial charge on any atom is 0.423 e. The van der Waals surface area contributed by atoms with Crippen LogP contribution < -0.4 is 10.6 Å². The molecule has 0 spiro atoms. The predicted molar refractivity (Wildman–Crippen MR) is 106 cm³/mol. The molecule has 2 aromatic rings. The van der Waals surface area contributed by atoms with Gasteiger partial charge in [-0.15, -0.1) is 0 Å². The number of nitrogens with one attached hydrogen (secondary N) is 2. The maximum atomic E-state index is 13.6. The zero-order valence-corrected chi connectivity index (χ0v) is 16.9. The van der Waals surface area contributed by atoms with Crippen molar-refractivity contribution < 1.29 is 36.2 Å². The standard InChI is InChI=1S/C22H22F6N2O2/c23-21(24,25)17-3-1-2-16(11-17)20(32,22(26,27)28)13-30-18-8-6-15(7-9-18)12-29-19(31)10-14-4-5-14/h1-3,6-9,11,14,30,32H,4-5,10,12-13H2,(H,29,31)/t20-/m0/s1. The topological polar surface area (TPSA) is 61.4 Å². The van der Waals surface area contributed by atoms with Crippen molar-refractivity contribution in [3.8, 4) is 0 Å². The predicted octanol–water partition coefficient (Wildman–Crippen LogP) is 4.98. The van der Waals surface area contributed by atoms with E-state index in [0.29, 0.717) is 24.5 Å². The Balaban J connectivity index is 1.67. The van der Waals surface area contributed by atoms with Crippen molar-refractivity contribution in [1.29, 1.82) is 0 Å². The second-order valence-corrected chi connectivity index (χ2v) is 7.91. The van der Waals surface area contributed by atoms with Gasteiger partial charge in [0.2, 0.25) is 11.5 Å². The first-order valence-electron chi connectivity index (χ1n) is 9.95. The van der Waals surface area contributed by atoms with Crippen LogP contribution in [0.2, 0.25) is 0 Å². The number of amides is 1. The Morgan fingerprint density at radius 3 is 2.16 bits per heavy atom. The first-order chi connectivity index (χ1) is 14.9. The van der Waals surface area contributed by atoms with Gasteiger partial charge in [0.15, 0.2) is 0 Å². The lowest BCUT2D eigenvalue weighted by molar-refractivity contribution is -0.260. The number of rotatable bonds is 8. The minimum Gasteiger partial charge on any atom is -0.381 e. The van der Waals surface area contributed by atoms with E-state index in [4.69, 9.17) is 0 Å². The van der Waals surface area contributed by atoms with Crippen molar-refractivity contribution in [2.75, 3.05) is 11.9 Å². The van der Waals surface area contributed by atoms with E-state index in [0.717, 1.165) is 30.5 Å². The first kappa shape index (κ1) is 23.9. The second-order valence-electron chi connectivity index (χ2n) is 7.91. The van der Waals surface area contributed by atoms with Crippen molar-refractivity contribution in [2.24, 2.45) is 5.92 Å². The number of halogens is 6. The van der Waals surface area contributed by atoms with Crippen molar-refractivity contribution in [1.82, 2.24) is 5.32 Å². The Morgan fingerprint density at radius 2 is 1.59 bits per heavy atom. The zero-order valence-electron chi connectivity index (χ0n) is 16.9. The Labute approximate surface area is 180 Å². The third-order valence-corrected chi connectivity index (χ3v) is 5.30. The minimum absolute atomic E-state index is 0.0639. The summed E-state index contributed by atoms with van der Waals surface area (Å²) in [6.45, 7) is -0.822. The molecule has 3 N–H and O–H groups in total. The van der Waals surface area contributed by atoms with Gasteiger partial charge in [0.25, 0.3) is 0 Å². The van der Waals surface area contributed by atoms with Crippen LogP contribution in [0, 0.1) is 5.92 Å². The van der Waals surface area contributed by atoms with Crippen molar-refractivity contribution in [3.05, 3.63) is 65.2 Å². The summed E-state index contributed by atoms with van der Waals surface area (Å²) in [4.78, 5) is 11.7. The van der Waals surface area contributed by atoms with Gasteiger partial charge in [-0.3, -0.25) is 4.79 Å². The summed E-state index contributed by atoms with van der Waals surface area (Å²) in [5, 5.41) is 15.5. The van der Waals surface area contributed by atoms with Gasteiger partial charge in [0.05, 0.1) is 12.1 Å². The van der Waals surface area contributed by atoms with Crippen LogP contribution in [-0.2, 0) is 23.1 Å². The molecule has 0 bridgehead atoms. The van der Waals surface area contributed by atoms with Crippen molar-refractivity contribution >= 4 is 11.6 Å². The fraction of sp³-hybridized carbons (Fsp3) is 0.409. The van der Waals surface area contributed by atoms with Crippen LogP contribution in [0.5, 0.6) is 0 Å². The average molecular weight is 460 g/mol. The Morgan fingerprint density at radius 1 is 0.969 bits per heavy atom. The van der Waals surface area contributed by atoms with E-state index in [9.17, 15) is 36.2 Å². The molecule has 0 aliphatic heterocycles. The van der Waals surface area contributed by atoms with Crippen molar-refractivity contribution in [3.63, 3.8) is 0 Å². The first-order valence-corrected chi connectivity index (χ1v) is 9.95. The summed E-state index contributed by atoms with van der Waals surface area (Å²) in [5.41, 5.74) is -4.78. The van der Waals surface area contributed by atoms with Gasteiger partial charge in [0, 0.05) is 18.7 Å². The number of hydrogen-bond acceptors (Lipinski definition) is 3. The Kier molecular flexibility index (Phi) is 6.73. The van der Waals surface area contributed by atoms with Gasteiger partial charge < -0.3 is 15.7 Å². The molecule has 1 atom stereocenters. The van der Waals surface area contributed by atoms with Crippen molar-refractivity contribution in [2.45, 2.75) is 43.8 Å². The molecule has 0 aromatic heterocycles. The number of benzene rings is 2. The van der Waals surface area contributed by atoms with Crippen LogP contribution in [0.1, 0.15) is 36.0 Å². The summed E-state index contributed by atoms with van der Waals surface area (Å²) in [6.07, 6.45) is -7.49. The molecule has 4 nitrogen and oxygen atoms in total. The van der Waals surface area contributed by atoms with Crippen LogP contribution in [-0.4, -0.2) is 23.7 Å². The molecule has 0 unspecified atom stereocenters. The molecular weight excluding hydrogens is 438 g/mol. The normalized spacial score (nSPS) is 16.3. The molecule has 1 aliphatic rings. The van der Waals surface area contributed by atoms with Crippen LogP contribution >= 0.6 is 0 Å². The van der Waals surface area contributed by atoms with E-state index in [2.05, 4.69) is 10.6 Å². The summed E-state index contributed by atoms with van der Waals surface area (Å²) in [7, 11) is 0. The van der Waals surface area contributed by atoms with Crippen LogP contribution in [0.15, 0.2) is 48.5 Å². The minimum atomic E-state index is -5.23. The molecule has 0 radical (unpaired) electrons. The van der Waals surface area contributed by atoms with E-state index in [1.54, 1.807) is 12.1 Å². The SMILES string of the molecule is O=C(CC1CC1)NCc1ccc(NC[C@](O)(c2cccc(C(F)(F)F)c2)C(F)(F)F)cc1. The van der Waals surface area contributed by atoms with Gasteiger partial charge in [-0.05, 0) is 54.2 Å². The largest absolute Gasteiger partial charge is 0.423 e. The molecule has 2 aromatic carbocycles. The number of carbonyl (C=O) groups is 1. The molecule has 3 rings (SSSR count). The lowest BCUT2D eigenvalue weighted by atomic mass is 9.91. The third kappa shape index (κ3) is 5.93. The van der Waals surface area contributed by atoms with E-state index in [1.807, 2.05) is 0 Å². The van der Waals surface area contributed by atoms with Crippen LogP contribution in [0.3, 0.4) is 0 Å². The van der Waals surface area contributed by atoms with Gasteiger partial charge in [-0.25, -0.2) is 0 Å². The zero-order chi connectivity index (χ0) is 23.6. The van der Waals surface area contributed by atoms with E-state index < -0.39 is 35.6 Å². The van der Waals surface area contributed by atoms with E-state index in [1.165, 1.54) is 12.1 Å². The lowest BCUT2D eigenvalue weighted by Crippen LogP contribution is -2.47. The summed E-state index contributed by atoms with van der Waals surface area (Å²) < 4.78 is 79.7. The molecular formula is C22H22F6N2O2. The molecule has 10 heteroatoms. The van der Waals surface area contributed by atoms with Gasteiger partial charge >= 0.3 is 12.4 Å². The highest BCUT2D eigenvalue weighted by Crippen LogP contribution is 2.41. The summed E-state index contributed by atoms with van der Waals surface area (Å²) in [5.74, 6) is 0.386. The number of hydrogen-bond donors (Lipinski definition) is 3. The number of anilines is 1. The Bertz CT molecular complexity index is 939. The van der Waals surface area contributed by atoms with Gasteiger partial charge in [-0.2, -0.15) is 26.3 Å². The average Bonchev–Trinajstić information content (AvgIpc) is 3.54. The second kappa shape index (κ2) is 9.01. The molecule has 1 aliphatic carbocycles. The Hall–Kier alpha value is -2.75. The quantitative estimate of drug-likeness (QED) is 0.487. The monoisotopic (exact) mass is 460 g/mol. The van der Waals surface area contributed by atoms with Crippen LogP contribution in [0.4, 0.5) is 32.0 Å². The molecule has 32 heavy (non-hydrogen) atoms. The summed E-state index contributed by atoms with van der Waals surface area (Å²) >= 11 is 0. The molecule has 0 saturated heterocycles. The highest BCUT2D eigenvalue weighted by molar-refractivity contribution is 5.76. The molecule has 1 amide bonds. The van der Waals surface area contributed by atoms with E-state index >= 15 is 0 Å².